The molecule has 40 heavy (non-hydrogen) atoms. The van der Waals surface area contributed by atoms with Gasteiger partial charge in [0, 0.05) is 10.9 Å². The van der Waals surface area contributed by atoms with Crippen molar-refractivity contribution in [1.82, 2.24) is 4.57 Å². The van der Waals surface area contributed by atoms with Gasteiger partial charge in [-0.25, -0.2) is 4.99 Å². The predicted octanol–water partition coefficient (Wildman–Crippen LogP) is 8.97. The normalized spacial score (nSPS) is 12.9. The van der Waals surface area contributed by atoms with E-state index in [2.05, 4.69) is 9.73 Å². The van der Waals surface area contributed by atoms with Gasteiger partial charge in [-0.3, -0.25) is 0 Å². The van der Waals surface area contributed by atoms with E-state index in [4.69, 9.17) is 0 Å². The van der Waals surface area contributed by atoms with Crippen LogP contribution in [0, 0.1) is 0 Å². The zero-order chi connectivity index (χ0) is 28.4. The standard InChI is InChI=1S/C26H17F9N2OS.BrH/c27-22(28)38-20-12-10-19(11-13-20)36-23-37(14-16-4-2-1-3-5-16)21(15-39-23)17-6-8-18(9-7-17)24(29,30)25(31,32)26(33,34)35;/h1-13,15,22H,14H2;1H. The van der Waals surface area contributed by atoms with Gasteiger partial charge in [0.15, 0.2) is 4.80 Å². The highest BCUT2D eigenvalue weighted by Crippen LogP contribution is 2.51. The molecule has 0 unspecified atom stereocenters. The molecule has 0 atom stereocenters. The summed E-state index contributed by atoms with van der Waals surface area (Å²) in [7, 11) is 0. The van der Waals surface area contributed by atoms with Crippen LogP contribution in [0.4, 0.5) is 45.2 Å². The van der Waals surface area contributed by atoms with Crippen molar-refractivity contribution < 1.29 is 44.3 Å². The first-order chi connectivity index (χ1) is 18.3. The highest BCUT2D eigenvalue weighted by Gasteiger charge is 2.73. The predicted molar refractivity (Wildman–Crippen MR) is 137 cm³/mol. The Morgan fingerprint density at radius 2 is 1.40 bits per heavy atom. The van der Waals surface area contributed by atoms with Crippen LogP contribution in [0.1, 0.15) is 11.1 Å². The van der Waals surface area contributed by atoms with Crippen LogP contribution in [0.5, 0.6) is 5.75 Å². The summed E-state index contributed by atoms with van der Waals surface area (Å²) in [6, 6.07) is 17.6. The number of rotatable bonds is 8. The molecule has 4 aromatic rings. The molecule has 3 nitrogen and oxygen atoms in total. The Bertz CT molecular complexity index is 1470. The molecule has 3 aromatic carbocycles. The minimum Gasteiger partial charge on any atom is -0.435 e. The molecule has 0 aliphatic rings. The zero-order valence-electron chi connectivity index (χ0n) is 19.9. The van der Waals surface area contributed by atoms with Crippen molar-refractivity contribution in [2.45, 2.75) is 31.2 Å². The molecule has 0 aliphatic heterocycles. The van der Waals surface area contributed by atoms with Crippen molar-refractivity contribution in [1.29, 1.82) is 0 Å². The maximum atomic E-state index is 14.1. The van der Waals surface area contributed by atoms with E-state index in [0.29, 0.717) is 28.3 Å². The smallest absolute Gasteiger partial charge is 0.435 e. The Kier molecular flexibility index (Phi) is 9.45. The lowest BCUT2D eigenvalue weighted by atomic mass is 9.99. The van der Waals surface area contributed by atoms with E-state index in [-0.39, 0.29) is 34.8 Å². The first-order valence-corrected chi connectivity index (χ1v) is 11.9. The molecule has 0 radical (unpaired) electrons. The molecular formula is C26H18BrF9N2OS. The number of alkyl halides is 9. The lowest BCUT2D eigenvalue weighted by Crippen LogP contribution is -2.49. The Balaban J connectivity index is 0.00000441. The molecule has 4 rings (SSSR count). The molecule has 0 aliphatic carbocycles. The summed E-state index contributed by atoms with van der Waals surface area (Å²) < 4.78 is 124. The van der Waals surface area contributed by atoms with Gasteiger partial charge in [0.05, 0.1) is 17.9 Å². The summed E-state index contributed by atoms with van der Waals surface area (Å²) in [6.07, 6.45) is -6.44. The SMILES string of the molecule is Br.FC(F)Oc1ccc(N=c2scc(-c3ccc(C(F)(F)C(F)(F)C(F)(F)F)cc3)n2Cc2ccccc2)cc1. The van der Waals surface area contributed by atoms with Gasteiger partial charge < -0.3 is 9.30 Å². The summed E-state index contributed by atoms with van der Waals surface area (Å²) >= 11 is 1.15. The number of aromatic nitrogens is 1. The Morgan fingerprint density at radius 3 is 1.95 bits per heavy atom. The van der Waals surface area contributed by atoms with Gasteiger partial charge in [0.25, 0.3) is 0 Å². The number of hydrogen-bond acceptors (Lipinski definition) is 3. The van der Waals surface area contributed by atoms with E-state index in [1.807, 2.05) is 12.1 Å². The number of halogens is 10. The molecule has 1 aromatic heterocycles. The Morgan fingerprint density at radius 1 is 0.800 bits per heavy atom. The van der Waals surface area contributed by atoms with Crippen LogP contribution in [0.25, 0.3) is 11.3 Å². The molecule has 1 heterocycles. The fourth-order valence-corrected chi connectivity index (χ4v) is 4.52. The third kappa shape index (κ3) is 6.54. The molecule has 214 valence electrons. The van der Waals surface area contributed by atoms with E-state index in [1.165, 1.54) is 24.3 Å². The van der Waals surface area contributed by atoms with Gasteiger partial charge in [0.2, 0.25) is 0 Å². The summed E-state index contributed by atoms with van der Waals surface area (Å²) in [4.78, 5) is 4.93. The average molecular weight is 657 g/mol. The van der Waals surface area contributed by atoms with Crippen molar-refractivity contribution in [3.8, 4) is 17.0 Å². The van der Waals surface area contributed by atoms with Gasteiger partial charge in [-0.05, 0) is 35.4 Å². The molecule has 0 bridgehead atoms. The Hall–Kier alpha value is -3.26. The molecule has 0 fully saturated rings. The molecule has 0 saturated carbocycles. The largest absolute Gasteiger partial charge is 0.460 e. The highest BCUT2D eigenvalue weighted by atomic mass is 79.9. The molecule has 0 saturated heterocycles. The van der Waals surface area contributed by atoms with Crippen LogP contribution in [-0.2, 0) is 12.5 Å². The number of hydrogen-bond donors (Lipinski definition) is 0. The van der Waals surface area contributed by atoms with Crippen LogP contribution < -0.4 is 9.54 Å². The lowest BCUT2D eigenvalue weighted by Gasteiger charge is -2.28. The second kappa shape index (κ2) is 12.1. The zero-order valence-corrected chi connectivity index (χ0v) is 22.4. The topological polar surface area (TPSA) is 26.5 Å². The van der Waals surface area contributed by atoms with Gasteiger partial charge >= 0.3 is 24.6 Å². The van der Waals surface area contributed by atoms with Gasteiger partial charge in [-0.15, -0.1) is 28.3 Å². The monoisotopic (exact) mass is 656 g/mol. The van der Waals surface area contributed by atoms with Crippen LogP contribution in [0.2, 0.25) is 0 Å². The summed E-state index contributed by atoms with van der Waals surface area (Å²) in [5.41, 5.74) is 0.412. The average Bonchev–Trinajstić information content (AvgIpc) is 3.26. The summed E-state index contributed by atoms with van der Waals surface area (Å²) in [5.74, 6) is -11.8. The second-order valence-corrected chi connectivity index (χ2v) is 9.02. The lowest BCUT2D eigenvalue weighted by molar-refractivity contribution is -0.359. The number of ether oxygens (including phenoxy) is 1. The van der Waals surface area contributed by atoms with Crippen molar-refractivity contribution >= 4 is 34.0 Å². The first-order valence-electron chi connectivity index (χ1n) is 11.0. The summed E-state index contributed by atoms with van der Waals surface area (Å²) in [5, 5.41) is 1.62. The van der Waals surface area contributed by atoms with Crippen LogP contribution in [0.15, 0.2) is 89.2 Å². The minimum atomic E-state index is -6.44. The van der Waals surface area contributed by atoms with E-state index in [1.54, 1.807) is 28.1 Å². The van der Waals surface area contributed by atoms with E-state index in [9.17, 15) is 39.5 Å². The third-order valence-electron chi connectivity index (χ3n) is 5.56. The van der Waals surface area contributed by atoms with Crippen LogP contribution in [0.3, 0.4) is 0 Å². The highest BCUT2D eigenvalue weighted by molar-refractivity contribution is 8.93. The Labute approximate surface area is 236 Å². The molecule has 0 N–H and O–H groups in total. The number of nitrogens with zero attached hydrogens (tertiary/aromatic N) is 2. The van der Waals surface area contributed by atoms with Gasteiger partial charge in [-0.1, -0.05) is 54.6 Å². The maximum absolute atomic E-state index is 14.1. The summed E-state index contributed by atoms with van der Waals surface area (Å²) in [6.45, 7) is -2.75. The number of thiazole rings is 1. The number of benzene rings is 3. The molecule has 14 heteroatoms. The van der Waals surface area contributed by atoms with Crippen molar-refractivity contribution in [2.24, 2.45) is 4.99 Å². The fourth-order valence-electron chi connectivity index (χ4n) is 3.59. The first kappa shape index (κ1) is 31.3. The van der Waals surface area contributed by atoms with Crippen LogP contribution >= 0.6 is 28.3 Å². The van der Waals surface area contributed by atoms with Gasteiger partial charge in [-0.2, -0.15) is 39.5 Å². The van der Waals surface area contributed by atoms with Crippen molar-refractivity contribution in [3.05, 3.63) is 100 Å². The maximum Gasteiger partial charge on any atom is 0.460 e. The minimum absolute atomic E-state index is 0. The second-order valence-electron chi connectivity index (χ2n) is 8.18. The van der Waals surface area contributed by atoms with Gasteiger partial charge in [0.1, 0.15) is 5.75 Å². The van der Waals surface area contributed by atoms with Crippen molar-refractivity contribution in [2.75, 3.05) is 0 Å². The van der Waals surface area contributed by atoms with E-state index >= 15 is 0 Å². The quantitative estimate of drug-likeness (QED) is 0.174. The molecule has 0 spiro atoms. The van der Waals surface area contributed by atoms with Crippen molar-refractivity contribution in [3.63, 3.8) is 0 Å². The van der Waals surface area contributed by atoms with E-state index < -0.39 is 30.2 Å². The van der Waals surface area contributed by atoms with Crippen LogP contribution in [-0.4, -0.2) is 23.3 Å². The fraction of sp³-hybridized carbons (Fsp3) is 0.192. The van der Waals surface area contributed by atoms with E-state index in [0.717, 1.165) is 29.0 Å². The third-order valence-corrected chi connectivity index (χ3v) is 6.42. The molecular weight excluding hydrogens is 639 g/mol. The molecule has 0 amide bonds.